The molecule has 7 rings (SSSR count). The van der Waals surface area contributed by atoms with Gasteiger partial charge in [0.2, 0.25) is 11.8 Å². The van der Waals surface area contributed by atoms with Gasteiger partial charge in [-0.3, -0.25) is 14.5 Å². The van der Waals surface area contributed by atoms with Gasteiger partial charge in [0.1, 0.15) is 0 Å². The number of carbonyl (C=O) groups is 2. The van der Waals surface area contributed by atoms with Crippen molar-refractivity contribution in [3.63, 3.8) is 0 Å². The maximum absolute atomic E-state index is 14.4. The lowest BCUT2D eigenvalue weighted by atomic mass is 9.64. The number of aromatic hydroxyl groups is 1. The predicted molar refractivity (Wildman–Crippen MR) is 212 cm³/mol. The number of hydrogen-bond acceptors (Lipinski definition) is 7. The molecule has 3 fully saturated rings. The molecule has 8 nitrogen and oxygen atoms in total. The van der Waals surface area contributed by atoms with Crippen LogP contribution < -0.4 is 20.0 Å². The Kier molecular flexibility index (Phi) is 10.9. The van der Waals surface area contributed by atoms with Crippen molar-refractivity contribution in [3.8, 4) is 11.5 Å². The molecule has 0 radical (unpaired) electrons. The van der Waals surface area contributed by atoms with Gasteiger partial charge in [0, 0.05) is 18.4 Å². The van der Waals surface area contributed by atoms with Crippen LogP contribution in [0, 0.1) is 27.2 Å². The summed E-state index contributed by atoms with van der Waals surface area (Å²) in [4.78, 5) is 29.2. The number of rotatable bonds is 8. The molecule has 1 aliphatic carbocycles. The number of phenolic OH excluding ortho intramolecular Hbond substituents is 1. The van der Waals surface area contributed by atoms with Gasteiger partial charge in [0.15, 0.2) is 17.3 Å². The molecule has 0 bridgehead atoms. The number of nitrogens with zero attached hydrogens (tertiary/aromatic N) is 1. The minimum atomic E-state index is -5.23. The number of amides is 2. The van der Waals surface area contributed by atoms with Crippen molar-refractivity contribution in [2.45, 2.75) is 62.9 Å². The lowest BCUT2D eigenvalue weighted by Crippen LogP contribution is -2.67. The van der Waals surface area contributed by atoms with Crippen molar-refractivity contribution < 1.29 is 60.0 Å². The second kappa shape index (κ2) is 14.9. The number of carbonyl (C=O) groups excluding carboxylic acids is 2. The van der Waals surface area contributed by atoms with Crippen LogP contribution in [0.15, 0.2) is 91.0 Å². The highest BCUT2D eigenvalue weighted by Gasteiger charge is 2.67. The zero-order valence-corrected chi connectivity index (χ0v) is 34.9. The Morgan fingerprint density at radius 1 is 0.845 bits per heavy atom. The number of anilines is 1. The van der Waals surface area contributed by atoms with Crippen LogP contribution in [0.1, 0.15) is 56.4 Å². The average Bonchev–Trinajstić information content (AvgIpc) is 3.65. The lowest BCUT2D eigenvalue weighted by Gasteiger charge is -2.48. The molecule has 4 aromatic rings. The molecule has 16 heteroatoms. The van der Waals surface area contributed by atoms with Crippen molar-refractivity contribution in [2.24, 2.45) is 23.7 Å². The smallest absolute Gasteiger partial charge is 0.416 e. The highest BCUT2D eigenvalue weighted by molar-refractivity contribution is 14.1. The Labute approximate surface area is 345 Å². The number of benzene rings is 4. The third-order valence-electron chi connectivity index (χ3n) is 11.8. The molecule has 6 atom stereocenters. The normalized spacial score (nSPS) is 25.2. The Hall–Kier alpha value is -3.97. The van der Waals surface area contributed by atoms with Crippen molar-refractivity contribution in [3.05, 3.63) is 111 Å². The second-order valence-corrected chi connectivity index (χ2v) is 21.5. The molecule has 58 heavy (non-hydrogen) atoms. The van der Waals surface area contributed by atoms with Gasteiger partial charge in [-0.15, -0.1) is 0 Å². The molecule has 2 saturated heterocycles. The SMILES string of the molecule is COc1cc([C@@H]2C[C@H]3[C@H]4C(=O)N(c5cc(C(F)(F)F)cc(C(F)(F)F)c5)C(=O)[C@H]4C[C@H](CO[Si](c4ccccc4)(c4ccccc4)C(C)(C)C)[C@@]3(O)O2)cc(I)c1O. The van der Waals surface area contributed by atoms with Crippen molar-refractivity contribution in [1.29, 1.82) is 0 Å². The van der Waals surface area contributed by atoms with Crippen LogP contribution in [0.2, 0.25) is 5.04 Å². The summed E-state index contributed by atoms with van der Waals surface area (Å²) in [7, 11) is -1.93. The fourth-order valence-electron chi connectivity index (χ4n) is 9.13. The molecule has 0 spiro atoms. The third kappa shape index (κ3) is 7.11. The number of fused-ring (bicyclic) bond motifs is 3. The fourth-order valence-corrected chi connectivity index (χ4v) is 14.4. The number of ether oxygens (including phenoxy) is 2. The Morgan fingerprint density at radius 3 is 1.90 bits per heavy atom. The summed E-state index contributed by atoms with van der Waals surface area (Å²) in [5, 5.41) is 24.8. The van der Waals surface area contributed by atoms with Crippen LogP contribution in [-0.2, 0) is 31.1 Å². The van der Waals surface area contributed by atoms with Crippen LogP contribution in [0.3, 0.4) is 0 Å². The molecule has 2 amide bonds. The molecular weight excluding hydrogens is 899 g/mol. The van der Waals surface area contributed by atoms with Gasteiger partial charge in [-0.2, -0.15) is 26.3 Å². The monoisotopic (exact) mass is 939 g/mol. The first kappa shape index (κ1) is 42.2. The first-order chi connectivity index (χ1) is 27.1. The molecule has 4 aromatic carbocycles. The van der Waals surface area contributed by atoms with E-state index < -0.39 is 89.9 Å². The maximum Gasteiger partial charge on any atom is 0.416 e. The minimum absolute atomic E-state index is 0.0682. The van der Waals surface area contributed by atoms with Gasteiger partial charge in [0.25, 0.3) is 8.32 Å². The lowest BCUT2D eigenvalue weighted by molar-refractivity contribution is -0.273. The standard InChI is InChI=1S/C42H40F6INO7Si/c1-39(2,3)58(28-11-7-5-8-12-28,29-13-9-6-10-14-29)56-22-26-20-30-35(31-21-33(57-40(26,31)54)23-15-32(49)36(51)34(16-23)55-4)38(53)50(37(30)52)27-18-24(41(43,44)45)17-25(19-27)42(46,47)48/h5-19,26,30-31,33,35,51,54H,20-22H2,1-4H3/t26-,30+,31+,33+,35+,40-/m1/s1. The van der Waals surface area contributed by atoms with E-state index in [2.05, 4.69) is 20.8 Å². The molecule has 1 saturated carbocycles. The number of hydrogen-bond donors (Lipinski definition) is 2. The van der Waals surface area contributed by atoms with Gasteiger partial charge in [-0.25, -0.2) is 0 Å². The molecule has 2 N–H and O–H groups in total. The van der Waals surface area contributed by atoms with Crippen molar-refractivity contribution in [1.82, 2.24) is 0 Å². The van der Waals surface area contributed by atoms with Crippen LogP contribution in [0.4, 0.5) is 32.0 Å². The molecule has 2 heterocycles. The number of aliphatic hydroxyl groups is 1. The Morgan fingerprint density at radius 2 is 1.40 bits per heavy atom. The van der Waals surface area contributed by atoms with E-state index in [1.165, 1.54) is 13.2 Å². The van der Waals surface area contributed by atoms with E-state index in [1.54, 1.807) is 6.07 Å². The minimum Gasteiger partial charge on any atom is -0.504 e. The van der Waals surface area contributed by atoms with E-state index in [0.717, 1.165) is 10.4 Å². The highest BCUT2D eigenvalue weighted by Crippen LogP contribution is 2.59. The largest absolute Gasteiger partial charge is 0.504 e. The zero-order chi connectivity index (χ0) is 42.2. The van der Waals surface area contributed by atoms with E-state index in [-0.39, 0.29) is 37.0 Å². The van der Waals surface area contributed by atoms with E-state index in [1.807, 2.05) is 83.3 Å². The molecule has 308 valence electrons. The highest BCUT2D eigenvalue weighted by atomic mass is 127. The van der Waals surface area contributed by atoms with Gasteiger partial charge in [0.05, 0.1) is 45.4 Å². The summed E-state index contributed by atoms with van der Waals surface area (Å²) < 4.78 is 103. The molecule has 0 aromatic heterocycles. The number of alkyl halides is 6. The first-order valence-corrected chi connectivity index (χ1v) is 21.5. The van der Waals surface area contributed by atoms with Crippen LogP contribution >= 0.6 is 22.6 Å². The topological polar surface area (TPSA) is 106 Å². The molecule has 2 aliphatic heterocycles. The van der Waals surface area contributed by atoms with Gasteiger partial charge in [-0.1, -0.05) is 81.4 Å². The van der Waals surface area contributed by atoms with Gasteiger partial charge >= 0.3 is 12.4 Å². The van der Waals surface area contributed by atoms with E-state index in [4.69, 9.17) is 13.9 Å². The van der Waals surface area contributed by atoms with E-state index in [9.17, 15) is 46.1 Å². The Balaban J connectivity index is 1.35. The molecule has 0 unspecified atom stereocenters. The van der Waals surface area contributed by atoms with E-state index in [0.29, 0.717) is 26.2 Å². The second-order valence-electron chi connectivity index (χ2n) is 16.1. The molecular formula is C42H40F6INO7Si. The van der Waals surface area contributed by atoms with Crippen molar-refractivity contribution in [2.75, 3.05) is 18.6 Å². The number of halogens is 7. The van der Waals surface area contributed by atoms with Crippen LogP contribution in [0.25, 0.3) is 0 Å². The number of phenols is 1. The number of methoxy groups -OCH3 is 1. The molecule has 3 aliphatic rings. The summed E-state index contributed by atoms with van der Waals surface area (Å²) >= 11 is 1.90. The van der Waals surface area contributed by atoms with Gasteiger partial charge < -0.3 is 24.1 Å². The predicted octanol–water partition coefficient (Wildman–Crippen LogP) is 8.21. The van der Waals surface area contributed by atoms with Crippen LogP contribution in [0.5, 0.6) is 11.5 Å². The summed E-state index contributed by atoms with van der Waals surface area (Å²) in [5.74, 6) is -8.99. The Bertz CT molecular complexity index is 2150. The fraction of sp³-hybridized carbons (Fsp3) is 0.381. The van der Waals surface area contributed by atoms with Gasteiger partial charge in [-0.05, 0) is 86.7 Å². The quantitative estimate of drug-likeness (QED) is 0.0795. The first-order valence-electron chi connectivity index (χ1n) is 18.5. The summed E-state index contributed by atoms with van der Waals surface area (Å²) in [6.45, 7) is 5.97. The van der Waals surface area contributed by atoms with Crippen molar-refractivity contribution >= 4 is 58.8 Å². The summed E-state index contributed by atoms with van der Waals surface area (Å²) in [6.07, 6.45) is -11.7. The third-order valence-corrected chi connectivity index (χ3v) is 17.6. The summed E-state index contributed by atoms with van der Waals surface area (Å²) in [6, 6.07) is 23.0. The number of imide groups is 1. The zero-order valence-electron chi connectivity index (χ0n) is 31.7. The summed E-state index contributed by atoms with van der Waals surface area (Å²) in [5.41, 5.74) is -3.77. The maximum atomic E-state index is 14.4. The van der Waals surface area contributed by atoms with Crippen LogP contribution in [-0.4, -0.2) is 49.8 Å². The average molecular weight is 940 g/mol. The van der Waals surface area contributed by atoms with E-state index >= 15 is 0 Å².